The summed E-state index contributed by atoms with van der Waals surface area (Å²) in [5.74, 6) is 0.924. The van der Waals surface area contributed by atoms with E-state index in [-0.39, 0.29) is 5.91 Å². The molecule has 0 aromatic carbocycles. The van der Waals surface area contributed by atoms with Gasteiger partial charge in [-0.25, -0.2) is 4.98 Å². The van der Waals surface area contributed by atoms with Crippen LogP contribution in [0.1, 0.15) is 34.4 Å². The molecule has 0 radical (unpaired) electrons. The molecule has 2 rings (SSSR count). The topological polar surface area (TPSA) is 85.4 Å². The van der Waals surface area contributed by atoms with Crippen molar-refractivity contribution in [3.8, 4) is 5.88 Å². The zero-order valence-electron chi connectivity index (χ0n) is 14.6. The number of hydrogen-bond acceptors (Lipinski definition) is 7. The number of carbonyl (C=O) groups excluding carboxylic acids is 1. The van der Waals surface area contributed by atoms with Gasteiger partial charge in [-0.2, -0.15) is 4.98 Å². The van der Waals surface area contributed by atoms with E-state index in [0.29, 0.717) is 29.7 Å². The number of nitrogens with zero attached hydrogens (tertiary/aromatic N) is 2. The van der Waals surface area contributed by atoms with E-state index in [1.54, 1.807) is 14.2 Å². The fraction of sp³-hybridized carbons (Fsp3) is 0.562. The molecular weight excluding hydrogens is 328 g/mol. The Labute approximate surface area is 145 Å². The van der Waals surface area contributed by atoms with Crippen LogP contribution in [0.25, 0.3) is 10.2 Å². The highest BCUT2D eigenvalue weighted by Crippen LogP contribution is 2.34. The first-order valence-electron chi connectivity index (χ1n) is 7.94. The van der Waals surface area contributed by atoms with Crippen molar-refractivity contribution in [2.45, 2.75) is 26.9 Å². The van der Waals surface area contributed by atoms with Gasteiger partial charge in [-0.1, -0.05) is 6.92 Å². The summed E-state index contributed by atoms with van der Waals surface area (Å²) >= 11 is 1.35. The Bertz CT molecular complexity index is 702. The van der Waals surface area contributed by atoms with Gasteiger partial charge >= 0.3 is 0 Å². The van der Waals surface area contributed by atoms with Gasteiger partial charge in [0.25, 0.3) is 5.91 Å². The monoisotopic (exact) mass is 352 g/mol. The Kier molecular flexibility index (Phi) is 6.89. The van der Waals surface area contributed by atoms with E-state index in [1.165, 1.54) is 11.3 Å². The predicted molar refractivity (Wildman–Crippen MR) is 94.9 cm³/mol. The lowest BCUT2D eigenvalue weighted by atomic mass is 10.2. The maximum Gasteiger partial charge on any atom is 0.261 e. The van der Waals surface area contributed by atoms with Gasteiger partial charge in [0.2, 0.25) is 5.88 Å². The summed E-state index contributed by atoms with van der Waals surface area (Å²) in [5.41, 5.74) is 0.842. The minimum atomic E-state index is -0.0934. The van der Waals surface area contributed by atoms with Gasteiger partial charge in [0.05, 0.1) is 17.4 Å². The van der Waals surface area contributed by atoms with Gasteiger partial charge in [0, 0.05) is 20.2 Å². The second-order valence-corrected chi connectivity index (χ2v) is 6.32. The molecule has 7 nitrogen and oxygen atoms in total. The lowest BCUT2D eigenvalue weighted by Gasteiger charge is -2.06. The molecule has 132 valence electrons. The largest absolute Gasteiger partial charge is 0.480 e. The summed E-state index contributed by atoms with van der Waals surface area (Å²) < 4.78 is 10.5. The van der Waals surface area contributed by atoms with Crippen LogP contribution in [0.3, 0.4) is 0 Å². The van der Waals surface area contributed by atoms with Crippen LogP contribution in [0.15, 0.2) is 0 Å². The average molecular weight is 352 g/mol. The highest BCUT2D eigenvalue weighted by Gasteiger charge is 2.20. The van der Waals surface area contributed by atoms with E-state index >= 15 is 0 Å². The lowest BCUT2D eigenvalue weighted by Crippen LogP contribution is -2.31. The molecule has 0 aliphatic rings. The molecule has 2 N–H and O–H groups in total. The summed E-state index contributed by atoms with van der Waals surface area (Å²) in [6.07, 6.45) is 1.08. The second-order valence-electron chi connectivity index (χ2n) is 5.32. The molecule has 2 aromatic rings. The van der Waals surface area contributed by atoms with Gasteiger partial charge in [0.1, 0.15) is 11.4 Å². The molecule has 2 aromatic heterocycles. The van der Waals surface area contributed by atoms with Crippen LogP contribution in [0.5, 0.6) is 5.88 Å². The van der Waals surface area contributed by atoms with Crippen LogP contribution in [-0.2, 0) is 11.3 Å². The molecule has 0 aliphatic carbocycles. The Morgan fingerprint density at radius 3 is 2.67 bits per heavy atom. The number of aromatic nitrogens is 2. The molecule has 0 atom stereocenters. The lowest BCUT2D eigenvalue weighted by molar-refractivity contribution is 0.0957. The fourth-order valence-electron chi connectivity index (χ4n) is 2.35. The number of methoxy groups -OCH3 is 2. The normalized spacial score (nSPS) is 11.0. The number of fused-ring (bicyclic) bond motifs is 1. The molecule has 24 heavy (non-hydrogen) atoms. The molecule has 0 bridgehead atoms. The number of ether oxygens (including phenoxy) is 2. The van der Waals surface area contributed by atoms with E-state index in [0.717, 1.165) is 35.3 Å². The molecule has 0 saturated carbocycles. The van der Waals surface area contributed by atoms with Crippen molar-refractivity contribution >= 4 is 27.5 Å². The first-order chi connectivity index (χ1) is 11.6. The van der Waals surface area contributed by atoms with Crippen LogP contribution < -0.4 is 15.4 Å². The molecule has 0 unspecified atom stereocenters. The van der Waals surface area contributed by atoms with E-state index in [9.17, 15) is 4.79 Å². The summed E-state index contributed by atoms with van der Waals surface area (Å²) in [5, 5.41) is 6.98. The molecule has 0 fully saturated rings. The predicted octanol–water partition coefficient (Wildman–Crippen LogP) is 1.88. The van der Waals surface area contributed by atoms with E-state index in [2.05, 4.69) is 27.5 Å². The first kappa shape index (κ1) is 18.6. The molecule has 2 heterocycles. The molecule has 1 amide bonds. The molecular formula is C16H24N4O3S. The van der Waals surface area contributed by atoms with Crippen molar-refractivity contribution in [2.24, 2.45) is 0 Å². The molecule has 0 saturated heterocycles. The quantitative estimate of drug-likeness (QED) is 0.670. The number of hydrogen-bond donors (Lipinski definition) is 2. The Hall–Kier alpha value is -1.77. The summed E-state index contributed by atoms with van der Waals surface area (Å²) in [6, 6.07) is 0. The number of rotatable bonds is 9. The molecule has 0 aliphatic heterocycles. The Balaban J connectivity index is 2.21. The zero-order chi connectivity index (χ0) is 17.5. The third-order valence-corrected chi connectivity index (χ3v) is 4.67. The number of nitrogens with one attached hydrogen (secondary N) is 2. The van der Waals surface area contributed by atoms with Gasteiger partial charge in [0.15, 0.2) is 5.82 Å². The Morgan fingerprint density at radius 2 is 2.00 bits per heavy atom. The van der Waals surface area contributed by atoms with Crippen LogP contribution >= 0.6 is 11.3 Å². The van der Waals surface area contributed by atoms with Crippen molar-refractivity contribution in [3.05, 3.63) is 16.3 Å². The van der Waals surface area contributed by atoms with E-state index in [1.807, 2.05) is 6.92 Å². The van der Waals surface area contributed by atoms with Crippen molar-refractivity contribution in [1.29, 1.82) is 0 Å². The number of thiophene rings is 1. The van der Waals surface area contributed by atoms with E-state index in [4.69, 9.17) is 9.47 Å². The molecule has 0 spiro atoms. The zero-order valence-corrected chi connectivity index (χ0v) is 15.4. The van der Waals surface area contributed by atoms with Crippen LogP contribution in [0.4, 0.5) is 0 Å². The highest BCUT2D eigenvalue weighted by molar-refractivity contribution is 7.20. The standard InChI is InChI=1S/C16H24N4O3S/c1-5-6-17-7-8-18-14(21)13-10(2)12-15(23-4)19-11(9-22-3)20-16(12)24-13/h17H,5-9H2,1-4H3,(H,18,21). The van der Waals surface area contributed by atoms with Crippen molar-refractivity contribution < 1.29 is 14.3 Å². The smallest absolute Gasteiger partial charge is 0.261 e. The maximum absolute atomic E-state index is 12.4. The van der Waals surface area contributed by atoms with Crippen molar-refractivity contribution in [1.82, 2.24) is 20.6 Å². The summed E-state index contributed by atoms with van der Waals surface area (Å²) in [6.45, 7) is 6.60. The number of amides is 1. The summed E-state index contributed by atoms with van der Waals surface area (Å²) in [4.78, 5) is 22.6. The fourth-order valence-corrected chi connectivity index (χ4v) is 3.46. The van der Waals surface area contributed by atoms with Crippen molar-refractivity contribution in [3.63, 3.8) is 0 Å². The van der Waals surface area contributed by atoms with Gasteiger partial charge in [-0.05, 0) is 25.5 Å². The average Bonchev–Trinajstić information content (AvgIpc) is 2.91. The van der Waals surface area contributed by atoms with Crippen LogP contribution in [-0.4, -0.2) is 49.7 Å². The SMILES string of the molecule is CCCNCCNC(=O)c1sc2nc(COC)nc(OC)c2c1C. The third kappa shape index (κ3) is 4.19. The van der Waals surface area contributed by atoms with Gasteiger partial charge in [-0.3, -0.25) is 4.79 Å². The van der Waals surface area contributed by atoms with Gasteiger partial charge in [-0.15, -0.1) is 11.3 Å². The minimum absolute atomic E-state index is 0.0934. The molecule has 8 heteroatoms. The highest BCUT2D eigenvalue weighted by atomic mass is 32.1. The van der Waals surface area contributed by atoms with Crippen molar-refractivity contribution in [2.75, 3.05) is 33.9 Å². The Morgan fingerprint density at radius 1 is 1.21 bits per heavy atom. The number of aryl methyl sites for hydroxylation is 1. The minimum Gasteiger partial charge on any atom is -0.480 e. The van der Waals surface area contributed by atoms with Crippen LogP contribution in [0.2, 0.25) is 0 Å². The summed E-state index contributed by atoms with van der Waals surface area (Å²) in [7, 11) is 3.15. The van der Waals surface area contributed by atoms with Crippen LogP contribution in [0, 0.1) is 6.92 Å². The third-order valence-electron chi connectivity index (χ3n) is 3.49. The maximum atomic E-state index is 12.4. The number of carbonyl (C=O) groups is 1. The second kappa shape index (κ2) is 8.91. The van der Waals surface area contributed by atoms with E-state index < -0.39 is 0 Å². The van der Waals surface area contributed by atoms with Gasteiger partial charge < -0.3 is 20.1 Å². The first-order valence-corrected chi connectivity index (χ1v) is 8.75.